The van der Waals surface area contributed by atoms with Crippen LogP contribution in [0.1, 0.15) is 17.3 Å². The molecule has 110 valence electrons. The molecule has 0 N–H and O–H groups in total. The topological polar surface area (TPSA) is 54.5 Å². The maximum absolute atomic E-state index is 12.5. The molecule has 0 radical (unpaired) electrons. The lowest BCUT2D eigenvalue weighted by Crippen LogP contribution is -2.53. The zero-order chi connectivity index (χ0) is 14.8. The average molecular weight is 313 g/mol. The van der Waals surface area contributed by atoms with Crippen LogP contribution in [0.2, 0.25) is 0 Å². The molecule has 1 heterocycles. The standard InChI is InChI=1S/C14H19NO3S2/c1-11(14(16)12-6-4-3-5-7-12)15-8-9-19-10-13(15)20(2,17)18/h3-7,11,13H,8-10H2,1-2H3. The van der Waals surface area contributed by atoms with Crippen LogP contribution in [0.5, 0.6) is 0 Å². The van der Waals surface area contributed by atoms with E-state index in [9.17, 15) is 13.2 Å². The number of benzene rings is 1. The van der Waals surface area contributed by atoms with Crippen molar-refractivity contribution in [1.29, 1.82) is 0 Å². The third-order valence-electron chi connectivity index (χ3n) is 3.55. The lowest BCUT2D eigenvalue weighted by atomic mass is 10.0. The van der Waals surface area contributed by atoms with E-state index in [1.165, 1.54) is 6.26 Å². The van der Waals surface area contributed by atoms with Crippen LogP contribution in [0.25, 0.3) is 0 Å². The smallest absolute Gasteiger partial charge is 0.179 e. The highest BCUT2D eigenvalue weighted by Gasteiger charge is 2.36. The van der Waals surface area contributed by atoms with Crippen LogP contribution in [-0.4, -0.2) is 54.8 Å². The van der Waals surface area contributed by atoms with Gasteiger partial charge in [0, 0.05) is 29.9 Å². The second-order valence-corrected chi connectivity index (χ2v) is 8.36. The quantitative estimate of drug-likeness (QED) is 0.792. The van der Waals surface area contributed by atoms with Crippen molar-refractivity contribution in [2.24, 2.45) is 0 Å². The largest absolute Gasteiger partial charge is 0.292 e. The molecule has 6 heteroatoms. The molecule has 0 amide bonds. The summed E-state index contributed by atoms with van der Waals surface area (Å²) in [7, 11) is -3.18. The number of thioether (sulfide) groups is 1. The summed E-state index contributed by atoms with van der Waals surface area (Å²) in [4.78, 5) is 14.3. The molecule has 1 fully saturated rings. The summed E-state index contributed by atoms with van der Waals surface area (Å²) in [6, 6.07) is 8.62. The van der Waals surface area contributed by atoms with Crippen LogP contribution in [0.3, 0.4) is 0 Å². The van der Waals surface area contributed by atoms with Gasteiger partial charge in [-0.05, 0) is 6.92 Å². The van der Waals surface area contributed by atoms with E-state index >= 15 is 0 Å². The molecule has 4 nitrogen and oxygen atoms in total. The zero-order valence-electron chi connectivity index (χ0n) is 11.7. The Kier molecular flexibility index (Phi) is 4.88. The van der Waals surface area contributed by atoms with Gasteiger partial charge in [-0.1, -0.05) is 30.3 Å². The second kappa shape index (κ2) is 6.28. The van der Waals surface area contributed by atoms with Crippen molar-refractivity contribution < 1.29 is 13.2 Å². The maximum Gasteiger partial charge on any atom is 0.179 e. The molecule has 1 aliphatic rings. The highest BCUT2D eigenvalue weighted by atomic mass is 32.2. The first-order valence-electron chi connectivity index (χ1n) is 6.53. The van der Waals surface area contributed by atoms with Crippen LogP contribution in [0.4, 0.5) is 0 Å². The number of Topliss-reactive ketones (excluding diaryl/α,β-unsaturated/α-hetero) is 1. The highest BCUT2D eigenvalue weighted by Crippen LogP contribution is 2.24. The Morgan fingerprint density at radius 1 is 1.35 bits per heavy atom. The molecular formula is C14H19NO3S2. The summed E-state index contributed by atoms with van der Waals surface area (Å²) in [5, 5.41) is -0.566. The third-order valence-corrected chi connectivity index (χ3v) is 6.21. The number of sulfone groups is 1. The van der Waals surface area contributed by atoms with Crippen molar-refractivity contribution in [3.63, 3.8) is 0 Å². The minimum absolute atomic E-state index is 0.0221. The fraction of sp³-hybridized carbons (Fsp3) is 0.500. The lowest BCUT2D eigenvalue weighted by molar-refractivity contribution is 0.0833. The van der Waals surface area contributed by atoms with Crippen molar-refractivity contribution in [1.82, 2.24) is 4.90 Å². The normalized spacial score (nSPS) is 22.4. The van der Waals surface area contributed by atoms with E-state index in [1.54, 1.807) is 30.8 Å². The monoisotopic (exact) mass is 313 g/mol. The Morgan fingerprint density at radius 3 is 2.60 bits per heavy atom. The average Bonchev–Trinajstić information content (AvgIpc) is 2.46. The van der Waals surface area contributed by atoms with E-state index in [0.29, 0.717) is 17.9 Å². The van der Waals surface area contributed by atoms with E-state index in [4.69, 9.17) is 0 Å². The Balaban J connectivity index is 2.22. The van der Waals surface area contributed by atoms with Gasteiger partial charge in [0.05, 0.1) is 6.04 Å². The Labute approximate surface area is 124 Å². The van der Waals surface area contributed by atoms with Crippen molar-refractivity contribution in [3.05, 3.63) is 35.9 Å². The van der Waals surface area contributed by atoms with Crippen LogP contribution in [-0.2, 0) is 9.84 Å². The molecule has 2 rings (SSSR count). The van der Waals surface area contributed by atoms with E-state index in [2.05, 4.69) is 0 Å². The molecule has 0 spiro atoms. The molecule has 2 atom stereocenters. The van der Waals surface area contributed by atoms with E-state index < -0.39 is 21.3 Å². The summed E-state index contributed by atoms with van der Waals surface area (Å²) < 4.78 is 23.8. The fourth-order valence-electron chi connectivity index (χ4n) is 2.40. The number of nitrogens with zero attached hydrogens (tertiary/aromatic N) is 1. The number of ketones is 1. The molecule has 1 aromatic rings. The van der Waals surface area contributed by atoms with E-state index in [0.717, 1.165) is 5.75 Å². The van der Waals surface area contributed by atoms with E-state index in [1.807, 2.05) is 23.1 Å². The van der Waals surface area contributed by atoms with Gasteiger partial charge in [0.25, 0.3) is 0 Å². The van der Waals surface area contributed by atoms with E-state index in [-0.39, 0.29) is 5.78 Å². The SMILES string of the molecule is CC(C(=O)c1ccccc1)N1CCSCC1S(C)(=O)=O. The highest BCUT2D eigenvalue weighted by molar-refractivity contribution is 8.00. The Bertz CT molecular complexity index is 571. The van der Waals surface area contributed by atoms with Crippen LogP contribution >= 0.6 is 11.8 Å². The van der Waals surface area contributed by atoms with Gasteiger partial charge in [0.2, 0.25) is 0 Å². The minimum Gasteiger partial charge on any atom is -0.292 e. The number of hydrogen-bond acceptors (Lipinski definition) is 5. The van der Waals surface area contributed by atoms with Crippen LogP contribution in [0.15, 0.2) is 30.3 Å². The molecule has 1 aliphatic heterocycles. The molecule has 0 aliphatic carbocycles. The fourth-order valence-corrected chi connectivity index (χ4v) is 5.36. The van der Waals surface area contributed by atoms with Crippen molar-refractivity contribution in [2.75, 3.05) is 24.3 Å². The first-order valence-corrected chi connectivity index (χ1v) is 9.64. The molecule has 0 bridgehead atoms. The Hall–Kier alpha value is -0.850. The van der Waals surface area contributed by atoms with Gasteiger partial charge in [-0.15, -0.1) is 0 Å². The predicted molar refractivity (Wildman–Crippen MR) is 82.9 cm³/mol. The Morgan fingerprint density at radius 2 is 2.00 bits per heavy atom. The maximum atomic E-state index is 12.5. The number of carbonyl (C=O) groups excluding carboxylic acids is 1. The molecule has 20 heavy (non-hydrogen) atoms. The summed E-state index contributed by atoms with van der Waals surface area (Å²) in [5.41, 5.74) is 0.630. The first-order chi connectivity index (χ1) is 9.41. The zero-order valence-corrected chi connectivity index (χ0v) is 13.3. The summed E-state index contributed by atoms with van der Waals surface area (Å²) in [5.74, 6) is 1.37. The van der Waals surface area contributed by atoms with Gasteiger partial charge in [0.15, 0.2) is 15.6 Å². The van der Waals surface area contributed by atoms with Gasteiger partial charge in [0.1, 0.15) is 5.37 Å². The van der Waals surface area contributed by atoms with Gasteiger partial charge >= 0.3 is 0 Å². The number of hydrogen-bond donors (Lipinski definition) is 0. The van der Waals surface area contributed by atoms with Crippen molar-refractivity contribution in [3.8, 4) is 0 Å². The third kappa shape index (κ3) is 3.42. The minimum atomic E-state index is -3.18. The summed E-state index contributed by atoms with van der Waals surface area (Å²) >= 11 is 1.63. The van der Waals surface area contributed by atoms with Gasteiger partial charge in [-0.25, -0.2) is 8.42 Å². The number of rotatable bonds is 4. The van der Waals surface area contributed by atoms with Crippen molar-refractivity contribution >= 4 is 27.4 Å². The predicted octanol–water partition coefficient (Wildman–Crippen LogP) is 1.68. The molecule has 0 aromatic heterocycles. The molecule has 1 aromatic carbocycles. The molecule has 1 saturated heterocycles. The lowest BCUT2D eigenvalue weighted by Gasteiger charge is -2.37. The van der Waals surface area contributed by atoms with Gasteiger partial charge in [-0.3, -0.25) is 9.69 Å². The summed E-state index contributed by atoms with van der Waals surface area (Å²) in [6.45, 7) is 2.42. The second-order valence-electron chi connectivity index (χ2n) is 5.00. The summed E-state index contributed by atoms with van der Waals surface area (Å²) in [6.07, 6.45) is 1.25. The van der Waals surface area contributed by atoms with Crippen molar-refractivity contribution in [2.45, 2.75) is 18.3 Å². The first kappa shape index (κ1) is 15.5. The van der Waals surface area contributed by atoms with Gasteiger partial charge in [-0.2, -0.15) is 11.8 Å². The van der Waals surface area contributed by atoms with Crippen LogP contribution in [0, 0.1) is 0 Å². The van der Waals surface area contributed by atoms with Gasteiger partial charge < -0.3 is 0 Å². The number of carbonyl (C=O) groups is 1. The molecular weight excluding hydrogens is 294 g/mol. The van der Waals surface area contributed by atoms with Crippen LogP contribution < -0.4 is 0 Å². The molecule has 2 unspecified atom stereocenters. The molecule has 0 saturated carbocycles.